The van der Waals surface area contributed by atoms with Gasteiger partial charge in [-0.3, -0.25) is 0 Å². The minimum atomic E-state index is -3.67. The van der Waals surface area contributed by atoms with Crippen molar-refractivity contribution in [2.45, 2.75) is 11.8 Å². The zero-order chi connectivity index (χ0) is 10.1. The van der Waals surface area contributed by atoms with Crippen LogP contribution in [0.1, 0.15) is 5.56 Å². The number of halogens is 1. The summed E-state index contributed by atoms with van der Waals surface area (Å²) in [5.41, 5.74) is 0.688. The molecule has 0 atom stereocenters. The maximum absolute atomic E-state index is 13.1. The molecule has 0 unspecified atom stereocenters. The van der Waals surface area contributed by atoms with Crippen molar-refractivity contribution in [1.29, 1.82) is 0 Å². The third kappa shape index (κ3) is 2.05. The molecule has 0 heterocycles. The van der Waals surface area contributed by atoms with E-state index in [4.69, 9.17) is 0 Å². The van der Waals surface area contributed by atoms with Crippen LogP contribution in [0.4, 0.5) is 4.39 Å². The molecule has 0 aliphatic rings. The van der Waals surface area contributed by atoms with E-state index in [1.807, 2.05) is 0 Å². The Bertz CT molecular complexity index is 414. The Kier molecular flexibility index (Phi) is 2.68. The minimum absolute atomic E-state index is 0.319. The van der Waals surface area contributed by atoms with Gasteiger partial charge in [-0.1, -0.05) is 6.07 Å². The Hall–Kier alpha value is -0.940. The zero-order valence-corrected chi connectivity index (χ0v) is 8.15. The quantitative estimate of drug-likeness (QED) is 0.780. The van der Waals surface area contributed by atoms with Crippen LogP contribution < -0.4 is 4.72 Å². The van der Waals surface area contributed by atoms with E-state index in [1.54, 1.807) is 13.0 Å². The first-order valence-corrected chi connectivity index (χ1v) is 5.15. The lowest BCUT2D eigenvalue weighted by Gasteiger charge is -2.03. The number of benzene rings is 1. The predicted molar refractivity (Wildman–Crippen MR) is 47.4 cm³/mol. The molecule has 0 saturated carbocycles. The fraction of sp³-hybridized carbons (Fsp3) is 0.250. The van der Waals surface area contributed by atoms with Gasteiger partial charge in [-0.05, 0) is 31.7 Å². The third-order valence-electron chi connectivity index (χ3n) is 1.65. The van der Waals surface area contributed by atoms with Crippen molar-refractivity contribution in [3.8, 4) is 0 Å². The molecule has 0 aromatic heterocycles. The largest absolute Gasteiger partial charge is 0.243 e. The molecule has 0 spiro atoms. The molecule has 3 nitrogen and oxygen atoms in total. The van der Waals surface area contributed by atoms with Gasteiger partial charge in [0, 0.05) is 0 Å². The standard InChI is InChI=1S/C8H10FNO2S/c1-6-3-4-8(7(9)5-6)13(11,12)10-2/h3-5,10H,1-2H3. The average Bonchev–Trinajstić information content (AvgIpc) is 2.03. The summed E-state index contributed by atoms with van der Waals surface area (Å²) < 4.78 is 37.5. The van der Waals surface area contributed by atoms with E-state index in [0.717, 1.165) is 0 Å². The minimum Gasteiger partial charge on any atom is -0.214 e. The Morgan fingerprint density at radius 2 is 2.00 bits per heavy atom. The molecule has 1 N–H and O–H groups in total. The highest BCUT2D eigenvalue weighted by atomic mass is 32.2. The molecular formula is C8H10FNO2S. The molecule has 72 valence electrons. The van der Waals surface area contributed by atoms with Gasteiger partial charge in [0.15, 0.2) is 0 Å². The van der Waals surface area contributed by atoms with Crippen LogP contribution in [0, 0.1) is 12.7 Å². The fourth-order valence-electron chi connectivity index (χ4n) is 0.934. The van der Waals surface area contributed by atoms with Crippen molar-refractivity contribution in [2.24, 2.45) is 0 Å². The normalized spacial score (nSPS) is 11.6. The van der Waals surface area contributed by atoms with E-state index in [1.165, 1.54) is 19.2 Å². The molecular weight excluding hydrogens is 193 g/mol. The van der Waals surface area contributed by atoms with Crippen molar-refractivity contribution in [3.63, 3.8) is 0 Å². The van der Waals surface area contributed by atoms with Crippen LogP contribution in [0.5, 0.6) is 0 Å². The Morgan fingerprint density at radius 3 is 2.46 bits per heavy atom. The van der Waals surface area contributed by atoms with Crippen LogP contribution in [0.3, 0.4) is 0 Å². The molecule has 1 rings (SSSR count). The van der Waals surface area contributed by atoms with E-state index in [0.29, 0.717) is 5.56 Å². The van der Waals surface area contributed by atoms with E-state index in [9.17, 15) is 12.8 Å². The van der Waals surface area contributed by atoms with Crippen molar-refractivity contribution >= 4 is 10.0 Å². The van der Waals surface area contributed by atoms with Gasteiger partial charge < -0.3 is 0 Å². The summed E-state index contributed by atoms with van der Waals surface area (Å²) in [5.74, 6) is -0.727. The van der Waals surface area contributed by atoms with E-state index in [2.05, 4.69) is 4.72 Å². The first-order chi connectivity index (χ1) is 5.97. The molecule has 1 aromatic rings. The van der Waals surface area contributed by atoms with Crippen LogP contribution in [0.25, 0.3) is 0 Å². The van der Waals surface area contributed by atoms with Crippen LogP contribution in [0.15, 0.2) is 23.1 Å². The highest BCUT2D eigenvalue weighted by Crippen LogP contribution is 2.14. The molecule has 0 radical (unpaired) electrons. The van der Waals surface area contributed by atoms with E-state index in [-0.39, 0.29) is 4.90 Å². The number of hydrogen-bond acceptors (Lipinski definition) is 2. The van der Waals surface area contributed by atoms with E-state index < -0.39 is 15.8 Å². The summed E-state index contributed by atoms with van der Waals surface area (Å²) in [6.07, 6.45) is 0. The Morgan fingerprint density at radius 1 is 1.38 bits per heavy atom. The molecule has 1 aromatic carbocycles. The van der Waals surface area contributed by atoms with Gasteiger partial charge in [0.25, 0.3) is 0 Å². The summed E-state index contributed by atoms with van der Waals surface area (Å²) in [6, 6.07) is 3.98. The number of hydrogen-bond donors (Lipinski definition) is 1. The summed E-state index contributed by atoms with van der Waals surface area (Å²) in [4.78, 5) is -0.319. The number of nitrogens with one attached hydrogen (secondary N) is 1. The van der Waals surface area contributed by atoms with Gasteiger partial charge in [0.1, 0.15) is 10.7 Å². The van der Waals surface area contributed by atoms with E-state index >= 15 is 0 Å². The lowest BCUT2D eigenvalue weighted by Crippen LogP contribution is -2.19. The number of aryl methyl sites for hydroxylation is 1. The van der Waals surface area contributed by atoms with Crippen LogP contribution in [-0.2, 0) is 10.0 Å². The topological polar surface area (TPSA) is 46.2 Å². The molecule has 0 bridgehead atoms. The van der Waals surface area contributed by atoms with Gasteiger partial charge in [-0.15, -0.1) is 0 Å². The van der Waals surface area contributed by atoms with Crippen molar-refractivity contribution in [1.82, 2.24) is 4.72 Å². The summed E-state index contributed by atoms with van der Waals surface area (Å²) in [6.45, 7) is 1.69. The number of rotatable bonds is 2. The Labute approximate surface area is 76.6 Å². The van der Waals surface area contributed by atoms with Crippen LogP contribution >= 0.6 is 0 Å². The second-order valence-corrected chi connectivity index (χ2v) is 4.50. The molecule has 5 heteroatoms. The zero-order valence-electron chi connectivity index (χ0n) is 7.33. The SMILES string of the molecule is CNS(=O)(=O)c1ccc(C)cc1F. The molecule has 0 aliphatic heterocycles. The first kappa shape index (κ1) is 10.1. The van der Waals surface area contributed by atoms with Crippen molar-refractivity contribution < 1.29 is 12.8 Å². The third-order valence-corrected chi connectivity index (χ3v) is 3.09. The molecule has 0 amide bonds. The van der Waals surface area contributed by atoms with Crippen LogP contribution in [-0.4, -0.2) is 15.5 Å². The van der Waals surface area contributed by atoms with Gasteiger partial charge >= 0.3 is 0 Å². The van der Waals surface area contributed by atoms with Crippen molar-refractivity contribution in [2.75, 3.05) is 7.05 Å². The molecule has 0 fully saturated rings. The maximum Gasteiger partial charge on any atom is 0.243 e. The lowest BCUT2D eigenvalue weighted by atomic mass is 10.2. The second-order valence-electron chi connectivity index (χ2n) is 2.64. The first-order valence-electron chi connectivity index (χ1n) is 3.67. The number of sulfonamides is 1. The molecule has 0 aliphatic carbocycles. The summed E-state index contributed by atoms with van der Waals surface area (Å²) in [5, 5.41) is 0. The van der Waals surface area contributed by atoms with Crippen LogP contribution in [0.2, 0.25) is 0 Å². The Balaban J connectivity index is 3.33. The predicted octanol–water partition coefficient (Wildman–Crippen LogP) is 1.04. The van der Waals surface area contributed by atoms with Gasteiger partial charge in [0.05, 0.1) is 0 Å². The summed E-state index contributed by atoms with van der Waals surface area (Å²) >= 11 is 0. The maximum atomic E-state index is 13.1. The second kappa shape index (κ2) is 3.43. The monoisotopic (exact) mass is 203 g/mol. The highest BCUT2D eigenvalue weighted by molar-refractivity contribution is 7.89. The van der Waals surface area contributed by atoms with Gasteiger partial charge in [-0.2, -0.15) is 0 Å². The smallest absolute Gasteiger partial charge is 0.214 e. The molecule has 0 saturated heterocycles. The van der Waals surface area contributed by atoms with Gasteiger partial charge in [-0.25, -0.2) is 17.5 Å². The van der Waals surface area contributed by atoms with Crippen molar-refractivity contribution in [3.05, 3.63) is 29.6 Å². The summed E-state index contributed by atoms with van der Waals surface area (Å²) in [7, 11) is -2.43. The van der Waals surface area contributed by atoms with Gasteiger partial charge in [0.2, 0.25) is 10.0 Å². The average molecular weight is 203 g/mol. The lowest BCUT2D eigenvalue weighted by molar-refractivity contribution is 0.561. The highest BCUT2D eigenvalue weighted by Gasteiger charge is 2.16. The fourth-order valence-corrected chi connectivity index (χ4v) is 1.72. The molecule has 13 heavy (non-hydrogen) atoms.